The molecule has 0 spiro atoms. The van der Waals surface area contributed by atoms with Gasteiger partial charge in [-0.15, -0.1) is 0 Å². The van der Waals surface area contributed by atoms with Crippen LogP contribution in [-0.4, -0.2) is 40.5 Å². The van der Waals surface area contributed by atoms with E-state index in [9.17, 15) is 4.79 Å². The number of para-hydroxylation sites is 2. The summed E-state index contributed by atoms with van der Waals surface area (Å²) >= 11 is 6.80. The van der Waals surface area contributed by atoms with Crippen molar-refractivity contribution in [3.05, 3.63) is 65.3 Å². The first-order valence-corrected chi connectivity index (χ1v) is 11.4. The molecule has 0 aliphatic heterocycles. The molecule has 0 saturated heterocycles. The number of nitrogens with one attached hydrogen (secondary N) is 1. The molecule has 1 amide bonds. The topological polar surface area (TPSA) is 37.3 Å². The van der Waals surface area contributed by atoms with Gasteiger partial charge in [-0.25, -0.2) is 0 Å². The smallest absolute Gasteiger partial charge is 0.255 e. The summed E-state index contributed by atoms with van der Waals surface area (Å²) in [6, 6.07) is 18.7. The molecule has 1 saturated carbocycles. The molecule has 0 bridgehead atoms. The van der Waals surface area contributed by atoms with Crippen LogP contribution >= 0.6 is 11.6 Å². The van der Waals surface area contributed by atoms with E-state index in [-0.39, 0.29) is 11.9 Å². The maximum atomic E-state index is 13.3. The molecule has 1 heterocycles. The Morgan fingerprint density at radius 2 is 1.63 bits per heavy atom. The lowest BCUT2D eigenvalue weighted by atomic mass is 9.90. The van der Waals surface area contributed by atoms with E-state index in [0.717, 1.165) is 55.4 Å². The first-order chi connectivity index (χ1) is 14.6. The zero-order valence-electron chi connectivity index (χ0n) is 17.8. The van der Waals surface area contributed by atoms with Crippen LogP contribution in [0.5, 0.6) is 0 Å². The Labute approximate surface area is 183 Å². The van der Waals surface area contributed by atoms with E-state index >= 15 is 0 Å². The maximum Gasteiger partial charge on any atom is 0.255 e. The molecule has 30 heavy (non-hydrogen) atoms. The van der Waals surface area contributed by atoms with Gasteiger partial charge in [0, 0.05) is 23.2 Å². The van der Waals surface area contributed by atoms with Gasteiger partial charge in [0.25, 0.3) is 5.91 Å². The standard InChI is InChI=1S/C25H30ClN3O/c1-3-28(4-2)19-16-14-18(15-17-19)27-25(30)23-21-12-8-9-13-22(21)29(24(23)26)20-10-6-5-7-11-20/h5-13,18-19H,3-4,14-17H2,1-2H3,(H,27,30). The zero-order chi connectivity index (χ0) is 21.1. The molecule has 5 heteroatoms. The quantitative estimate of drug-likeness (QED) is 0.554. The Balaban J connectivity index is 1.57. The number of hydrogen-bond acceptors (Lipinski definition) is 2. The predicted octanol–water partition coefficient (Wildman–Crippen LogP) is 5.67. The molecule has 1 aromatic heterocycles. The summed E-state index contributed by atoms with van der Waals surface area (Å²) in [5, 5.41) is 4.63. The number of rotatable bonds is 6. The molecule has 4 nitrogen and oxygen atoms in total. The highest BCUT2D eigenvalue weighted by Crippen LogP contribution is 2.33. The molecule has 4 rings (SSSR count). The molecule has 158 valence electrons. The van der Waals surface area contributed by atoms with Crippen LogP contribution in [0.4, 0.5) is 0 Å². The first-order valence-electron chi connectivity index (χ1n) is 11.0. The Morgan fingerprint density at radius 3 is 2.30 bits per heavy atom. The van der Waals surface area contributed by atoms with E-state index in [2.05, 4.69) is 24.1 Å². The second-order valence-corrected chi connectivity index (χ2v) is 8.41. The van der Waals surface area contributed by atoms with Crippen molar-refractivity contribution in [3.8, 4) is 5.69 Å². The minimum atomic E-state index is -0.0721. The first kappa shape index (κ1) is 21.0. The van der Waals surface area contributed by atoms with Crippen molar-refractivity contribution >= 4 is 28.4 Å². The van der Waals surface area contributed by atoms with E-state index < -0.39 is 0 Å². The van der Waals surface area contributed by atoms with Crippen molar-refractivity contribution in [1.29, 1.82) is 0 Å². The summed E-state index contributed by atoms with van der Waals surface area (Å²) in [6.45, 7) is 6.63. The summed E-state index contributed by atoms with van der Waals surface area (Å²) in [7, 11) is 0. The molecule has 0 atom stereocenters. The van der Waals surface area contributed by atoms with Crippen molar-refractivity contribution in [1.82, 2.24) is 14.8 Å². The van der Waals surface area contributed by atoms with Crippen LogP contribution in [0.3, 0.4) is 0 Å². The second-order valence-electron chi connectivity index (χ2n) is 8.05. The lowest BCUT2D eigenvalue weighted by Gasteiger charge is -2.36. The Hall–Kier alpha value is -2.30. The third-order valence-electron chi connectivity index (χ3n) is 6.42. The molecule has 1 N–H and O–H groups in total. The minimum Gasteiger partial charge on any atom is -0.349 e. The van der Waals surface area contributed by atoms with Gasteiger partial charge in [0.2, 0.25) is 0 Å². The normalized spacial score (nSPS) is 19.3. The Kier molecular flexibility index (Phi) is 6.45. The number of halogens is 1. The van der Waals surface area contributed by atoms with Crippen LogP contribution in [-0.2, 0) is 0 Å². The van der Waals surface area contributed by atoms with Crippen LogP contribution in [0.1, 0.15) is 49.9 Å². The molecule has 3 aromatic rings. The number of amides is 1. The van der Waals surface area contributed by atoms with Gasteiger partial charge < -0.3 is 10.2 Å². The molecular weight excluding hydrogens is 394 g/mol. The van der Waals surface area contributed by atoms with Gasteiger partial charge in [0.15, 0.2) is 0 Å². The number of carbonyl (C=O) groups is 1. The fraction of sp³-hybridized carbons (Fsp3) is 0.400. The average molecular weight is 424 g/mol. The largest absolute Gasteiger partial charge is 0.349 e. The summed E-state index contributed by atoms with van der Waals surface area (Å²) in [6.07, 6.45) is 4.29. The van der Waals surface area contributed by atoms with Crippen LogP contribution in [0.2, 0.25) is 5.15 Å². The zero-order valence-corrected chi connectivity index (χ0v) is 18.5. The summed E-state index contributed by atoms with van der Waals surface area (Å²) in [4.78, 5) is 15.8. The molecule has 1 fully saturated rings. The lowest BCUT2D eigenvalue weighted by Crippen LogP contribution is -2.44. The number of fused-ring (bicyclic) bond motifs is 1. The van der Waals surface area contributed by atoms with Crippen molar-refractivity contribution in [2.75, 3.05) is 13.1 Å². The summed E-state index contributed by atoms with van der Waals surface area (Å²) < 4.78 is 1.96. The number of benzene rings is 2. The molecule has 1 aliphatic carbocycles. The van der Waals surface area contributed by atoms with Gasteiger partial charge in [-0.1, -0.05) is 61.8 Å². The van der Waals surface area contributed by atoms with Crippen molar-refractivity contribution in [2.24, 2.45) is 0 Å². The third-order valence-corrected chi connectivity index (χ3v) is 6.78. The maximum absolute atomic E-state index is 13.3. The van der Waals surface area contributed by atoms with Crippen LogP contribution in [0.25, 0.3) is 16.6 Å². The van der Waals surface area contributed by atoms with E-state index in [1.807, 2.05) is 59.2 Å². The molecule has 0 radical (unpaired) electrons. The highest BCUT2D eigenvalue weighted by Gasteiger charge is 2.28. The van der Waals surface area contributed by atoms with Gasteiger partial charge in [-0.05, 0) is 57.0 Å². The van der Waals surface area contributed by atoms with Gasteiger partial charge in [-0.2, -0.15) is 0 Å². The Bertz CT molecular complexity index is 1000. The van der Waals surface area contributed by atoms with Crippen molar-refractivity contribution < 1.29 is 4.79 Å². The van der Waals surface area contributed by atoms with Gasteiger partial charge in [0.05, 0.1) is 11.1 Å². The molecule has 1 aliphatic rings. The lowest BCUT2D eigenvalue weighted by molar-refractivity contribution is 0.0908. The van der Waals surface area contributed by atoms with Gasteiger partial charge in [0.1, 0.15) is 5.15 Å². The van der Waals surface area contributed by atoms with E-state index in [1.54, 1.807) is 0 Å². The SMILES string of the molecule is CCN(CC)C1CCC(NC(=O)c2c(Cl)n(-c3ccccc3)c3ccccc23)CC1. The fourth-order valence-electron chi connectivity index (χ4n) is 4.84. The van der Waals surface area contributed by atoms with Crippen molar-refractivity contribution in [2.45, 2.75) is 51.6 Å². The van der Waals surface area contributed by atoms with E-state index in [1.165, 1.54) is 0 Å². The highest BCUT2D eigenvalue weighted by atomic mass is 35.5. The van der Waals surface area contributed by atoms with E-state index in [4.69, 9.17) is 11.6 Å². The minimum absolute atomic E-state index is 0.0721. The third kappa shape index (κ3) is 3.99. The van der Waals surface area contributed by atoms with Crippen LogP contribution in [0, 0.1) is 0 Å². The number of carbonyl (C=O) groups excluding carboxylic acids is 1. The van der Waals surface area contributed by atoms with Gasteiger partial charge >= 0.3 is 0 Å². The summed E-state index contributed by atoms with van der Waals surface area (Å²) in [5.41, 5.74) is 2.48. The predicted molar refractivity (Wildman–Crippen MR) is 125 cm³/mol. The molecule has 2 aromatic carbocycles. The average Bonchev–Trinajstić information content (AvgIpc) is 3.08. The van der Waals surface area contributed by atoms with Crippen LogP contribution in [0.15, 0.2) is 54.6 Å². The fourth-order valence-corrected chi connectivity index (χ4v) is 5.21. The van der Waals surface area contributed by atoms with Gasteiger partial charge in [-0.3, -0.25) is 9.36 Å². The number of hydrogen-bond donors (Lipinski definition) is 1. The van der Waals surface area contributed by atoms with Crippen LogP contribution < -0.4 is 5.32 Å². The van der Waals surface area contributed by atoms with E-state index in [0.29, 0.717) is 16.8 Å². The van der Waals surface area contributed by atoms with Crippen molar-refractivity contribution in [3.63, 3.8) is 0 Å². The Morgan fingerprint density at radius 1 is 1.00 bits per heavy atom. The molecule has 0 unspecified atom stereocenters. The number of aromatic nitrogens is 1. The number of nitrogens with zero attached hydrogens (tertiary/aromatic N) is 2. The molecular formula is C25H30ClN3O. The monoisotopic (exact) mass is 423 g/mol. The second kappa shape index (κ2) is 9.23. The summed E-state index contributed by atoms with van der Waals surface area (Å²) in [5.74, 6) is -0.0721. The highest BCUT2D eigenvalue weighted by molar-refractivity contribution is 6.36.